The molecule has 1 aromatic heterocycles. The van der Waals surface area contributed by atoms with E-state index in [4.69, 9.17) is 16.3 Å². The lowest BCUT2D eigenvalue weighted by molar-refractivity contribution is 0.0667. The van der Waals surface area contributed by atoms with Crippen LogP contribution in [0.2, 0.25) is 5.15 Å². The van der Waals surface area contributed by atoms with Gasteiger partial charge in [-0.15, -0.1) is 0 Å². The molecule has 0 unspecified atom stereocenters. The molecule has 4 rings (SSSR count). The zero-order chi connectivity index (χ0) is 21.1. The largest absolute Gasteiger partial charge is 0.494 e. The molecule has 0 fully saturated rings. The maximum Gasteiger partial charge on any atom is 0.254 e. The van der Waals surface area contributed by atoms with E-state index in [1.807, 2.05) is 55.1 Å². The molecule has 3 aromatic rings. The van der Waals surface area contributed by atoms with Crippen molar-refractivity contribution in [3.05, 3.63) is 93.8 Å². The van der Waals surface area contributed by atoms with Gasteiger partial charge >= 0.3 is 0 Å². The molecule has 0 aliphatic heterocycles. The van der Waals surface area contributed by atoms with Crippen LogP contribution < -0.4 is 4.74 Å². The van der Waals surface area contributed by atoms with Crippen LogP contribution in [0.5, 0.6) is 5.75 Å². The van der Waals surface area contributed by atoms with Gasteiger partial charge in [0, 0.05) is 29.4 Å². The van der Waals surface area contributed by atoms with Gasteiger partial charge in [0.1, 0.15) is 10.9 Å². The highest BCUT2D eigenvalue weighted by Gasteiger charge is 2.31. The number of hydrogen-bond acceptors (Lipinski definition) is 3. The molecular formula is C25H25ClN2O2. The Morgan fingerprint density at radius 2 is 1.73 bits per heavy atom. The molecule has 0 radical (unpaired) electrons. The molecule has 5 heteroatoms. The topological polar surface area (TPSA) is 42.4 Å². The van der Waals surface area contributed by atoms with Crippen LogP contribution in [0.4, 0.5) is 0 Å². The van der Waals surface area contributed by atoms with Crippen LogP contribution in [0.25, 0.3) is 0 Å². The second-order valence-corrected chi connectivity index (χ2v) is 7.98. The minimum absolute atomic E-state index is 0.00695. The number of benzene rings is 2. The summed E-state index contributed by atoms with van der Waals surface area (Å²) in [6.45, 7) is 4.87. The van der Waals surface area contributed by atoms with Crippen molar-refractivity contribution >= 4 is 17.5 Å². The number of pyridine rings is 1. The summed E-state index contributed by atoms with van der Waals surface area (Å²) < 4.78 is 5.52. The molecule has 1 aliphatic rings. The molecule has 0 N–H and O–H groups in total. The third-order valence-electron chi connectivity index (χ3n) is 5.55. The number of ether oxygens (including phenoxy) is 1. The number of carbonyl (C=O) groups is 1. The van der Waals surface area contributed by atoms with Gasteiger partial charge in [-0.3, -0.25) is 4.79 Å². The average molecular weight is 421 g/mol. The molecule has 154 valence electrons. The summed E-state index contributed by atoms with van der Waals surface area (Å²) in [5, 5.41) is 0.454. The molecule has 0 bridgehead atoms. The minimum Gasteiger partial charge on any atom is -0.494 e. The molecule has 0 atom stereocenters. The van der Waals surface area contributed by atoms with Gasteiger partial charge in [0.2, 0.25) is 0 Å². The Bertz CT molecular complexity index is 1020. The smallest absolute Gasteiger partial charge is 0.254 e. The van der Waals surface area contributed by atoms with Crippen LogP contribution in [0.15, 0.2) is 60.7 Å². The first-order valence-electron chi connectivity index (χ1n) is 10.3. The Balaban J connectivity index is 1.63. The normalized spacial score (nSPS) is 13.2. The summed E-state index contributed by atoms with van der Waals surface area (Å²) in [7, 11) is 0. The number of aromatic nitrogens is 1. The van der Waals surface area contributed by atoms with Crippen molar-refractivity contribution < 1.29 is 9.53 Å². The fraction of sp³-hybridized carbons (Fsp3) is 0.280. The Labute approximate surface area is 182 Å². The van der Waals surface area contributed by atoms with E-state index in [9.17, 15) is 4.79 Å². The van der Waals surface area contributed by atoms with E-state index in [1.54, 1.807) is 0 Å². The molecule has 0 saturated carbocycles. The average Bonchev–Trinajstić information content (AvgIpc) is 3.17. The van der Waals surface area contributed by atoms with Gasteiger partial charge in [-0.1, -0.05) is 41.9 Å². The molecule has 0 saturated heterocycles. The van der Waals surface area contributed by atoms with E-state index < -0.39 is 0 Å². The van der Waals surface area contributed by atoms with Crippen molar-refractivity contribution in [2.75, 3.05) is 6.61 Å². The molecule has 4 nitrogen and oxygen atoms in total. The predicted molar refractivity (Wildman–Crippen MR) is 119 cm³/mol. The standard InChI is InChI=1S/C25H25ClN2O2/c1-3-30-23-12-10-18(11-13-23)25(29)28(16-21-9-8-17(2)27-24(21)26)22-14-19-6-4-5-7-20(19)15-22/h4-13,22H,3,14-16H2,1-2H3. The number of halogens is 1. The maximum absolute atomic E-state index is 13.6. The number of aryl methyl sites for hydroxylation is 1. The van der Waals surface area contributed by atoms with Crippen LogP contribution in [0.1, 0.15) is 39.7 Å². The first-order valence-corrected chi connectivity index (χ1v) is 10.7. The van der Waals surface area contributed by atoms with Crippen LogP contribution in [-0.2, 0) is 19.4 Å². The number of nitrogens with zero attached hydrogens (tertiary/aromatic N) is 2. The predicted octanol–water partition coefficient (Wildman–Crippen LogP) is 5.25. The number of amides is 1. The first-order chi connectivity index (χ1) is 14.5. The second kappa shape index (κ2) is 8.88. The highest BCUT2D eigenvalue weighted by atomic mass is 35.5. The lowest BCUT2D eigenvalue weighted by atomic mass is 10.1. The van der Waals surface area contributed by atoms with Gasteiger partial charge in [-0.2, -0.15) is 0 Å². The maximum atomic E-state index is 13.6. The zero-order valence-corrected chi connectivity index (χ0v) is 18.0. The van der Waals surface area contributed by atoms with E-state index in [2.05, 4.69) is 29.2 Å². The Morgan fingerprint density at radius 3 is 2.33 bits per heavy atom. The third-order valence-corrected chi connectivity index (χ3v) is 5.88. The van der Waals surface area contributed by atoms with Gasteiger partial charge in [0.25, 0.3) is 5.91 Å². The summed E-state index contributed by atoms with van der Waals surface area (Å²) >= 11 is 6.41. The van der Waals surface area contributed by atoms with Crippen LogP contribution in [-0.4, -0.2) is 28.4 Å². The lowest BCUT2D eigenvalue weighted by Crippen LogP contribution is -2.40. The highest BCUT2D eigenvalue weighted by Crippen LogP contribution is 2.29. The zero-order valence-electron chi connectivity index (χ0n) is 17.3. The first kappa shape index (κ1) is 20.4. The summed E-state index contributed by atoms with van der Waals surface area (Å²) in [5.74, 6) is 0.757. The van der Waals surface area contributed by atoms with Crippen molar-refractivity contribution in [2.45, 2.75) is 39.3 Å². The molecule has 0 spiro atoms. The molecular weight excluding hydrogens is 396 g/mol. The molecule has 1 aliphatic carbocycles. The Morgan fingerprint density at radius 1 is 1.07 bits per heavy atom. The Hall–Kier alpha value is -2.85. The van der Waals surface area contributed by atoms with Crippen molar-refractivity contribution in [3.63, 3.8) is 0 Å². The third kappa shape index (κ3) is 4.34. The van der Waals surface area contributed by atoms with E-state index in [1.165, 1.54) is 11.1 Å². The quantitative estimate of drug-likeness (QED) is 0.511. The van der Waals surface area contributed by atoms with Crippen molar-refractivity contribution in [1.82, 2.24) is 9.88 Å². The number of hydrogen-bond donors (Lipinski definition) is 0. The summed E-state index contributed by atoms with van der Waals surface area (Å²) in [5.41, 5.74) is 4.98. The summed E-state index contributed by atoms with van der Waals surface area (Å²) in [6.07, 6.45) is 1.69. The van der Waals surface area contributed by atoms with Crippen molar-refractivity contribution in [3.8, 4) is 5.75 Å². The van der Waals surface area contributed by atoms with Gasteiger partial charge in [-0.05, 0) is 68.1 Å². The lowest BCUT2D eigenvalue weighted by Gasteiger charge is -2.29. The molecule has 2 aromatic carbocycles. The van der Waals surface area contributed by atoms with Gasteiger partial charge < -0.3 is 9.64 Å². The van der Waals surface area contributed by atoms with Crippen LogP contribution in [0, 0.1) is 6.92 Å². The number of rotatable bonds is 6. The fourth-order valence-corrected chi connectivity index (χ4v) is 4.26. The fourth-order valence-electron chi connectivity index (χ4n) is 4.00. The van der Waals surface area contributed by atoms with E-state index >= 15 is 0 Å². The van der Waals surface area contributed by atoms with Crippen LogP contribution in [0.3, 0.4) is 0 Å². The molecule has 1 heterocycles. The SMILES string of the molecule is CCOc1ccc(C(=O)N(Cc2ccc(C)nc2Cl)C2Cc3ccccc3C2)cc1. The molecule has 30 heavy (non-hydrogen) atoms. The summed E-state index contributed by atoms with van der Waals surface area (Å²) in [6, 6.07) is 19.7. The molecule has 1 amide bonds. The van der Waals surface area contributed by atoms with Crippen molar-refractivity contribution in [1.29, 1.82) is 0 Å². The van der Waals surface area contributed by atoms with E-state index in [-0.39, 0.29) is 11.9 Å². The number of fused-ring (bicyclic) bond motifs is 1. The highest BCUT2D eigenvalue weighted by molar-refractivity contribution is 6.30. The minimum atomic E-state index is -0.00695. The monoisotopic (exact) mass is 420 g/mol. The van der Waals surface area contributed by atoms with Gasteiger partial charge in [-0.25, -0.2) is 4.98 Å². The Kier molecular flexibility index (Phi) is 6.05. The van der Waals surface area contributed by atoms with E-state index in [0.717, 1.165) is 29.8 Å². The van der Waals surface area contributed by atoms with Gasteiger partial charge in [0.15, 0.2) is 0 Å². The van der Waals surface area contributed by atoms with Crippen molar-refractivity contribution in [2.24, 2.45) is 0 Å². The van der Waals surface area contributed by atoms with E-state index in [0.29, 0.717) is 23.9 Å². The summed E-state index contributed by atoms with van der Waals surface area (Å²) in [4.78, 5) is 19.9. The number of carbonyl (C=O) groups excluding carboxylic acids is 1. The van der Waals surface area contributed by atoms with Gasteiger partial charge in [0.05, 0.1) is 6.61 Å². The second-order valence-electron chi connectivity index (χ2n) is 7.62. The van der Waals surface area contributed by atoms with Crippen LogP contribution >= 0.6 is 11.6 Å².